The third kappa shape index (κ3) is 6.68. The van der Waals surface area contributed by atoms with Crippen LogP contribution in [-0.2, 0) is 19.1 Å². The number of aliphatic hydroxyl groups is 2. The first-order chi connectivity index (χ1) is 11.5. The molecule has 0 radical (unpaired) electrons. The Balaban J connectivity index is 2.84. The predicted molar refractivity (Wildman–Crippen MR) is 89.0 cm³/mol. The quantitative estimate of drug-likeness (QED) is 0.344. The summed E-state index contributed by atoms with van der Waals surface area (Å²) in [6.07, 6.45) is 6.83. The number of hydrogen-bond acceptors (Lipinski definition) is 6. The van der Waals surface area contributed by atoms with Gasteiger partial charge in [-0.1, -0.05) is 43.7 Å². The summed E-state index contributed by atoms with van der Waals surface area (Å²) in [7, 11) is 0. The molecular formula is C18H26O6. The van der Waals surface area contributed by atoms with Crippen LogP contribution in [0.2, 0.25) is 0 Å². The summed E-state index contributed by atoms with van der Waals surface area (Å²) in [6.45, 7) is 3.69. The summed E-state index contributed by atoms with van der Waals surface area (Å²) in [5.41, 5.74) is 0. The van der Waals surface area contributed by atoms with E-state index in [1.165, 1.54) is 18.2 Å². The lowest BCUT2D eigenvalue weighted by atomic mass is 10.0. The zero-order valence-corrected chi connectivity index (χ0v) is 14.1. The highest BCUT2D eigenvalue weighted by Gasteiger charge is 2.32. The molecule has 6 nitrogen and oxygen atoms in total. The van der Waals surface area contributed by atoms with Gasteiger partial charge < -0.3 is 19.7 Å². The lowest BCUT2D eigenvalue weighted by Gasteiger charge is -2.27. The van der Waals surface area contributed by atoms with E-state index in [0.717, 1.165) is 0 Å². The second kappa shape index (κ2) is 10.8. The van der Waals surface area contributed by atoms with Gasteiger partial charge in [0.15, 0.2) is 6.10 Å². The van der Waals surface area contributed by atoms with Crippen molar-refractivity contribution in [3.05, 3.63) is 36.5 Å². The first-order valence-electron chi connectivity index (χ1n) is 8.22. The van der Waals surface area contributed by atoms with Crippen molar-refractivity contribution < 1.29 is 29.3 Å². The maximum absolute atomic E-state index is 12.3. The molecule has 0 aromatic heterocycles. The van der Waals surface area contributed by atoms with Crippen LogP contribution in [0.5, 0.6) is 0 Å². The second-order valence-corrected chi connectivity index (χ2v) is 5.56. The number of allylic oxidation sites excluding steroid dienone is 4. The van der Waals surface area contributed by atoms with Gasteiger partial charge in [0.2, 0.25) is 0 Å². The van der Waals surface area contributed by atoms with Crippen LogP contribution in [0, 0.1) is 0 Å². The van der Waals surface area contributed by atoms with E-state index in [-0.39, 0.29) is 6.42 Å². The van der Waals surface area contributed by atoms with Crippen LogP contribution < -0.4 is 0 Å². The van der Waals surface area contributed by atoms with Crippen LogP contribution in [0.25, 0.3) is 0 Å². The lowest BCUT2D eigenvalue weighted by Crippen LogP contribution is -2.42. The number of carbonyl (C=O) groups is 2. The number of esters is 2. The molecule has 1 aliphatic rings. The molecule has 0 fully saturated rings. The van der Waals surface area contributed by atoms with E-state index >= 15 is 0 Å². The van der Waals surface area contributed by atoms with E-state index in [4.69, 9.17) is 9.47 Å². The Hall–Kier alpha value is -1.92. The standard InChI is InChI=1S/C18H26O6/c1-3-5-6-12-16(20)23-15-11-8-7-10-13(19)17(21)14(9-4-2)24-18(15)22/h3,5-7,10,12-15,17,19,21H,4,8-9,11H2,1-2H3/b5-3+,10-7+,12-6+/t13-,14+,15-,17-/m1/s1. The molecule has 1 rings (SSSR count). The molecule has 24 heavy (non-hydrogen) atoms. The first kappa shape index (κ1) is 20.1. The van der Waals surface area contributed by atoms with Gasteiger partial charge in [-0.3, -0.25) is 0 Å². The van der Waals surface area contributed by atoms with E-state index in [2.05, 4.69) is 0 Å². The van der Waals surface area contributed by atoms with Crippen molar-refractivity contribution in [3.63, 3.8) is 0 Å². The van der Waals surface area contributed by atoms with Gasteiger partial charge in [0, 0.05) is 6.08 Å². The van der Waals surface area contributed by atoms with Crippen molar-refractivity contribution in [2.24, 2.45) is 0 Å². The SMILES string of the molecule is C/C=C/C=C/C(=O)O[C@@H]1CC/C=C/[C@@H](O)[C@@H](O)[C@H](CCC)OC1=O. The second-order valence-electron chi connectivity index (χ2n) is 5.56. The van der Waals surface area contributed by atoms with Crippen LogP contribution >= 0.6 is 0 Å². The van der Waals surface area contributed by atoms with Crippen molar-refractivity contribution in [3.8, 4) is 0 Å². The highest BCUT2D eigenvalue weighted by molar-refractivity contribution is 5.85. The molecule has 2 N–H and O–H groups in total. The van der Waals surface area contributed by atoms with Gasteiger partial charge in [-0.2, -0.15) is 0 Å². The highest BCUT2D eigenvalue weighted by Crippen LogP contribution is 2.17. The van der Waals surface area contributed by atoms with E-state index in [9.17, 15) is 19.8 Å². The molecule has 0 bridgehead atoms. The molecule has 1 aliphatic heterocycles. The van der Waals surface area contributed by atoms with Crippen molar-refractivity contribution in [2.75, 3.05) is 0 Å². The molecule has 0 aliphatic carbocycles. The fourth-order valence-electron chi connectivity index (χ4n) is 2.28. The number of cyclic esters (lactones) is 1. The smallest absolute Gasteiger partial charge is 0.347 e. The number of ether oxygens (including phenoxy) is 2. The number of carbonyl (C=O) groups excluding carboxylic acids is 2. The summed E-state index contributed by atoms with van der Waals surface area (Å²) < 4.78 is 10.4. The van der Waals surface area contributed by atoms with Gasteiger partial charge in [-0.15, -0.1) is 0 Å². The van der Waals surface area contributed by atoms with Gasteiger partial charge in [-0.05, 0) is 26.2 Å². The number of aliphatic hydroxyl groups excluding tert-OH is 2. The minimum atomic E-state index is -1.21. The largest absolute Gasteiger partial charge is 0.457 e. The van der Waals surface area contributed by atoms with Crippen LogP contribution in [0.1, 0.15) is 39.5 Å². The topological polar surface area (TPSA) is 93.1 Å². The van der Waals surface area contributed by atoms with Crippen LogP contribution in [0.15, 0.2) is 36.5 Å². The summed E-state index contributed by atoms with van der Waals surface area (Å²) in [6, 6.07) is 0. The van der Waals surface area contributed by atoms with Crippen LogP contribution in [0.3, 0.4) is 0 Å². The van der Waals surface area contributed by atoms with Crippen molar-refractivity contribution in [1.82, 2.24) is 0 Å². The van der Waals surface area contributed by atoms with Crippen molar-refractivity contribution >= 4 is 11.9 Å². The Morgan fingerprint density at radius 2 is 2.17 bits per heavy atom. The minimum Gasteiger partial charge on any atom is -0.457 e. The minimum absolute atomic E-state index is 0.250. The number of rotatable bonds is 5. The summed E-state index contributed by atoms with van der Waals surface area (Å²) in [4.78, 5) is 24.0. The summed E-state index contributed by atoms with van der Waals surface area (Å²) >= 11 is 0. The molecule has 0 spiro atoms. The van der Waals surface area contributed by atoms with E-state index in [1.807, 2.05) is 13.8 Å². The average Bonchev–Trinajstić information content (AvgIpc) is 2.55. The molecule has 0 aromatic carbocycles. The molecule has 0 saturated heterocycles. The molecule has 0 unspecified atom stereocenters. The lowest BCUT2D eigenvalue weighted by molar-refractivity contribution is -0.176. The molecule has 1 heterocycles. The van der Waals surface area contributed by atoms with Crippen LogP contribution in [0.4, 0.5) is 0 Å². The van der Waals surface area contributed by atoms with Gasteiger partial charge in [0.25, 0.3) is 0 Å². The molecular weight excluding hydrogens is 312 g/mol. The molecule has 6 heteroatoms. The monoisotopic (exact) mass is 338 g/mol. The Bertz CT molecular complexity index is 494. The van der Waals surface area contributed by atoms with Gasteiger partial charge in [-0.25, -0.2) is 9.59 Å². The zero-order chi connectivity index (χ0) is 17.9. The maximum Gasteiger partial charge on any atom is 0.347 e. The molecule has 134 valence electrons. The molecule has 0 saturated carbocycles. The third-order valence-electron chi connectivity index (χ3n) is 3.56. The number of hydrogen-bond donors (Lipinski definition) is 2. The molecule has 0 amide bonds. The van der Waals surface area contributed by atoms with Gasteiger partial charge in [0.1, 0.15) is 18.3 Å². The van der Waals surface area contributed by atoms with E-state index < -0.39 is 36.4 Å². The summed E-state index contributed by atoms with van der Waals surface area (Å²) in [5.74, 6) is -1.34. The highest BCUT2D eigenvalue weighted by atomic mass is 16.6. The van der Waals surface area contributed by atoms with E-state index in [1.54, 1.807) is 18.2 Å². The van der Waals surface area contributed by atoms with Crippen LogP contribution in [-0.4, -0.2) is 46.6 Å². The Kier molecular flexibility index (Phi) is 9.04. The molecule has 4 atom stereocenters. The van der Waals surface area contributed by atoms with E-state index in [0.29, 0.717) is 19.3 Å². The fraction of sp³-hybridized carbons (Fsp3) is 0.556. The third-order valence-corrected chi connectivity index (χ3v) is 3.56. The van der Waals surface area contributed by atoms with Gasteiger partial charge in [0.05, 0.1) is 0 Å². The predicted octanol–water partition coefficient (Wildman–Crippen LogP) is 1.81. The van der Waals surface area contributed by atoms with Crippen molar-refractivity contribution in [2.45, 2.75) is 63.9 Å². The van der Waals surface area contributed by atoms with Gasteiger partial charge >= 0.3 is 11.9 Å². The first-order valence-corrected chi connectivity index (χ1v) is 8.22. The zero-order valence-electron chi connectivity index (χ0n) is 14.1. The Morgan fingerprint density at radius 3 is 2.83 bits per heavy atom. The van der Waals surface area contributed by atoms with Crippen molar-refractivity contribution in [1.29, 1.82) is 0 Å². The Labute approximate surface area is 142 Å². The normalized spacial score (nSPS) is 30.2. The maximum atomic E-state index is 12.3. The summed E-state index contributed by atoms with van der Waals surface area (Å²) in [5, 5.41) is 20.0. The average molecular weight is 338 g/mol. The molecule has 0 aromatic rings. The Morgan fingerprint density at radius 1 is 1.42 bits per heavy atom. The fourth-order valence-corrected chi connectivity index (χ4v) is 2.28.